The molecule has 1 aliphatic heterocycles. The minimum absolute atomic E-state index is 0.0148. The van der Waals surface area contributed by atoms with E-state index in [0.29, 0.717) is 17.8 Å². The second kappa shape index (κ2) is 7.41. The van der Waals surface area contributed by atoms with Crippen molar-refractivity contribution in [3.05, 3.63) is 83.0 Å². The maximum Gasteiger partial charge on any atom is 0.359 e. The molecule has 0 bridgehead atoms. The van der Waals surface area contributed by atoms with Crippen LogP contribution in [-0.2, 0) is 20.9 Å². The molecule has 6 heteroatoms. The number of rotatable bonds is 4. The van der Waals surface area contributed by atoms with Gasteiger partial charge in [-0.25, -0.2) is 4.79 Å². The van der Waals surface area contributed by atoms with E-state index in [2.05, 4.69) is 0 Å². The molecule has 1 aromatic rings. The molecule has 0 saturated heterocycles. The van der Waals surface area contributed by atoms with Gasteiger partial charge in [0.1, 0.15) is 0 Å². The van der Waals surface area contributed by atoms with Gasteiger partial charge in [-0.3, -0.25) is 10.0 Å². The number of ether oxygens (including phenoxy) is 1. The van der Waals surface area contributed by atoms with Crippen LogP contribution in [0, 0.1) is 0 Å². The summed E-state index contributed by atoms with van der Waals surface area (Å²) in [6.07, 6.45) is 6.40. The first-order valence-electron chi connectivity index (χ1n) is 8.36. The minimum Gasteiger partial charge on any atom is -0.461 e. The average molecular weight is 352 g/mol. The van der Waals surface area contributed by atoms with Crippen LogP contribution in [0.4, 0.5) is 0 Å². The van der Waals surface area contributed by atoms with Gasteiger partial charge in [-0.05, 0) is 31.6 Å². The molecule has 6 nitrogen and oxygen atoms in total. The molecule has 0 saturated carbocycles. The molecule has 0 atom stereocenters. The Labute approximate surface area is 151 Å². The third-order valence-corrected chi connectivity index (χ3v) is 4.20. The van der Waals surface area contributed by atoms with Gasteiger partial charge in [0.2, 0.25) is 0 Å². The first-order chi connectivity index (χ1) is 12.5. The molecule has 1 N–H and O–H groups in total. The molecule has 1 aliphatic carbocycles. The quantitative estimate of drug-likeness (QED) is 0.664. The normalized spacial score (nSPS) is 19.6. The number of benzene rings is 1. The number of hydrogen-bond donors (Lipinski definition) is 1. The molecule has 0 amide bonds. The molecule has 2 aliphatic rings. The third-order valence-electron chi connectivity index (χ3n) is 4.20. The highest BCUT2D eigenvalue weighted by atomic mass is 16.6. The smallest absolute Gasteiger partial charge is 0.359 e. The Kier molecular flexibility index (Phi) is 5.04. The summed E-state index contributed by atoms with van der Waals surface area (Å²) < 4.78 is 5.06. The van der Waals surface area contributed by atoms with E-state index in [0.717, 1.165) is 10.6 Å². The Morgan fingerprint density at radius 1 is 1.15 bits per heavy atom. The number of carbonyl (C=O) groups is 2. The van der Waals surface area contributed by atoms with Crippen LogP contribution in [0.15, 0.2) is 77.4 Å². The highest BCUT2D eigenvalue weighted by Crippen LogP contribution is 2.35. The Bertz CT molecular complexity index is 850. The summed E-state index contributed by atoms with van der Waals surface area (Å²) in [6, 6.07) is 9.62. The highest BCUT2D eigenvalue weighted by Gasteiger charge is 2.38. The molecule has 3 rings (SSSR count). The van der Waals surface area contributed by atoms with Crippen LogP contribution in [-0.4, -0.2) is 33.5 Å². The van der Waals surface area contributed by atoms with E-state index in [-0.39, 0.29) is 23.9 Å². The maximum absolute atomic E-state index is 12.3. The zero-order chi connectivity index (χ0) is 18.7. The Balaban J connectivity index is 2.09. The van der Waals surface area contributed by atoms with Crippen LogP contribution >= 0.6 is 0 Å². The molecule has 0 spiro atoms. The predicted octanol–water partition coefficient (Wildman–Crippen LogP) is 2.89. The second-order valence-corrected chi connectivity index (χ2v) is 5.86. The number of allylic oxidation sites excluding steroid dienone is 6. The van der Waals surface area contributed by atoms with Crippen molar-refractivity contribution in [2.24, 2.45) is 0 Å². The fourth-order valence-corrected chi connectivity index (χ4v) is 2.96. The largest absolute Gasteiger partial charge is 0.461 e. The van der Waals surface area contributed by atoms with Crippen molar-refractivity contribution in [2.45, 2.75) is 20.4 Å². The summed E-state index contributed by atoms with van der Waals surface area (Å²) in [4.78, 5) is 26.4. The predicted molar refractivity (Wildman–Crippen MR) is 95.3 cm³/mol. The zero-order valence-electron chi connectivity index (χ0n) is 14.7. The van der Waals surface area contributed by atoms with Crippen molar-refractivity contribution < 1.29 is 19.5 Å². The van der Waals surface area contributed by atoms with Crippen molar-refractivity contribution in [1.29, 1.82) is 0 Å². The molecule has 0 aromatic heterocycles. The van der Waals surface area contributed by atoms with Gasteiger partial charge < -0.3 is 9.64 Å². The molecular weight excluding hydrogens is 332 g/mol. The molecule has 1 aromatic carbocycles. The summed E-state index contributed by atoms with van der Waals surface area (Å²) in [5, 5.41) is 11.5. The van der Waals surface area contributed by atoms with Crippen molar-refractivity contribution in [2.75, 3.05) is 6.61 Å². The van der Waals surface area contributed by atoms with Crippen LogP contribution in [0.25, 0.3) is 0 Å². The van der Waals surface area contributed by atoms with E-state index in [9.17, 15) is 14.8 Å². The van der Waals surface area contributed by atoms with Gasteiger partial charge in [0.15, 0.2) is 17.3 Å². The Hall–Kier alpha value is -3.12. The molecule has 0 fully saturated rings. The number of esters is 1. The molecule has 0 radical (unpaired) electrons. The fourth-order valence-electron chi connectivity index (χ4n) is 2.96. The van der Waals surface area contributed by atoms with Gasteiger partial charge >= 0.3 is 5.97 Å². The van der Waals surface area contributed by atoms with E-state index < -0.39 is 5.97 Å². The molecular formula is C20H20N2O4. The highest BCUT2D eigenvalue weighted by molar-refractivity contribution is 6.08. The summed E-state index contributed by atoms with van der Waals surface area (Å²) in [6.45, 7) is 4.01. The van der Waals surface area contributed by atoms with Crippen LogP contribution in [0.3, 0.4) is 0 Å². The molecule has 1 heterocycles. The van der Waals surface area contributed by atoms with Gasteiger partial charge in [0.25, 0.3) is 0 Å². The van der Waals surface area contributed by atoms with Crippen LogP contribution < -0.4 is 0 Å². The number of nitrogens with zero attached hydrogens (tertiary/aromatic N) is 2. The van der Waals surface area contributed by atoms with Crippen LogP contribution in [0.1, 0.15) is 19.4 Å². The third kappa shape index (κ3) is 3.19. The average Bonchev–Trinajstić information content (AvgIpc) is 2.87. The van der Waals surface area contributed by atoms with E-state index in [4.69, 9.17) is 4.74 Å². The first kappa shape index (κ1) is 17.7. The Morgan fingerprint density at radius 2 is 1.85 bits per heavy atom. The lowest BCUT2D eigenvalue weighted by molar-refractivity contribution is -0.145. The summed E-state index contributed by atoms with van der Waals surface area (Å²) in [7, 11) is 0. The standard InChI is InChI=1S/C20H20N2O4/c1-3-26-20(24)18-14(2)21(13-15-9-5-4-6-10-15)19(22(18)25)16-11-7-8-12-17(16)23/h4-12,25H,3,13H2,1-2H3/b19-16-. The van der Waals surface area contributed by atoms with E-state index in [1.165, 1.54) is 6.08 Å². The number of carbonyl (C=O) groups excluding carboxylic acids is 2. The number of hydroxylamine groups is 2. The minimum atomic E-state index is -0.635. The van der Waals surface area contributed by atoms with E-state index in [1.807, 2.05) is 30.3 Å². The van der Waals surface area contributed by atoms with Crippen molar-refractivity contribution in [1.82, 2.24) is 9.96 Å². The number of hydrogen-bond acceptors (Lipinski definition) is 6. The zero-order valence-corrected chi connectivity index (χ0v) is 14.7. The topological polar surface area (TPSA) is 70.1 Å². The Morgan fingerprint density at radius 3 is 2.50 bits per heavy atom. The van der Waals surface area contributed by atoms with Crippen molar-refractivity contribution >= 4 is 11.8 Å². The monoisotopic (exact) mass is 352 g/mol. The summed E-state index contributed by atoms with van der Waals surface area (Å²) >= 11 is 0. The molecule has 0 unspecified atom stereocenters. The lowest BCUT2D eigenvalue weighted by atomic mass is 10.1. The number of ketones is 1. The van der Waals surface area contributed by atoms with Crippen LogP contribution in [0.2, 0.25) is 0 Å². The first-order valence-corrected chi connectivity index (χ1v) is 8.36. The van der Waals surface area contributed by atoms with Gasteiger partial charge in [-0.15, -0.1) is 0 Å². The maximum atomic E-state index is 12.3. The second-order valence-electron chi connectivity index (χ2n) is 5.86. The lowest BCUT2D eigenvalue weighted by Gasteiger charge is -2.25. The lowest BCUT2D eigenvalue weighted by Crippen LogP contribution is -2.28. The molecule has 26 heavy (non-hydrogen) atoms. The summed E-state index contributed by atoms with van der Waals surface area (Å²) in [5.41, 5.74) is 1.82. The fraction of sp³-hybridized carbons (Fsp3) is 0.200. The van der Waals surface area contributed by atoms with Crippen LogP contribution in [0.5, 0.6) is 0 Å². The van der Waals surface area contributed by atoms with E-state index >= 15 is 0 Å². The van der Waals surface area contributed by atoms with Crippen molar-refractivity contribution in [3.8, 4) is 0 Å². The SMILES string of the molecule is CCOC(=O)C1=C(C)N(Cc2ccccc2)/C(=C2\C=CC=CC2=O)N1O. The van der Waals surface area contributed by atoms with Crippen molar-refractivity contribution in [3.63, 3.8) is 0 Å². The van der Waals surface area contributed by atoms with E-state index in [1.54, 1.807) is 37.0 Å². The summed E-state index contributed by atoms with van der Waals surface area (Å²) in [5.74, 6) is -0.624. The molecule has 134 valence electrons. The van der Waals surface area contributed by atoms with Gasteiger partial charge in [-0.2, -0.15) is 5.06 Å². The van der Waals surface area contributed by atoms with Gasteiger partial charge in [0, 0.05) is 6.54 Å². The van der Waals surface area contributed by atoms with Gasteiger partial charge in [-0.1, -0.05) is 42.5 Å². The van der Waals surface area contributed by atoms with Gasteiger partial charge in [0.05, 0.1) is 17.9 Å².